The Kier molecular flexibility index (Phi) is 6.21. The number of carbonyl (C=O) groups excluding carboxylic acids is 1. The number of halogens is 1. The molecule has 1 amide bonds. The molecule has 2 rings (SSSR count). The molecule has 0 heterocycles. The minimum absolute atomic E-state index is 0.0167. The molecule has 0 bridgehead atoms. The first-order valence-corrected chi connectivity index (χ1v) is 8.06. The fourth-order valence-electron chi connectivity index (χ4n) is 1.97. The summed E-state index contributed by atoms with van der Waals surface area (Å²) in [7, 11) is 3.07. The highest BCUT2D eigenvalue weighted by molar-refractivity contribution is 14.1. The summed E-state index contributed by atoms with van der Waals surface area (Å²) >= 11 is 2.18. The van der Waals surface area contributed by atoms with Crippen molar-refractivity contribution in [3.05, 3.63) is 57.2 Å². The zero-order valence-corrected chi connectivity index (χ0v) is 15.3. The van der Waals surface area contributed by atoms with Crippen LogP contribution in [0.15, 0.2) is 48.0 Å². The summed E-state index contributed by atoms with van der Waals surface area (Å²) in [6.45, 7) is 0. The molecule has 24 heavy (non-hydrogen) atoms. The topological polar surface area (TPSA) is 71.3 Å². The molecule has 0 unspecified atom stereocenters. The van der Waals surface area contributed by atoms with Crippen LogP contribution in [0.25, 0.3) is 6.08 Å². The Balaban J connectivity index is 2.27. The molecule has 0 aliphatic carbocycles. The summed E-state index contributed by atoms with van der Waals surface area (Å²) < 4.78 is 11.5. The summed E-state index contributed by atoms with van der Waals surface area (Å²) in [5, 5.41) is 12.0. The van der Waals surface area contributed by atoms with Gasteiger partial charge in [0.25, 0.3) is 5.91 Å². The number of nitrogens with one attached hydrogen (secondary N) is 1. The standard InChI is InChI=1S/C18H15IN2O3/c1-23-16-8-3-12(17(10-16)24-2)9-13(11-20)18(22)21-15-6-4-14(19)5-7-15/h3-10H,1-2H3,(H,21,22)/b13-9-. The number of nitrogens with zero attached hydrogens (tertiary/aromatic N) is 1. The van der Waals surface area contributed by atoms with Crippen LogP contribution >= 0.6 is 22.6 Å². The highest BCUT2D eigenvalue weighted by atomic mass is 127. The largest absolute Gasteiger partial charge is 0.497 e. The predicted molar refractivity (Wildman–Crippen MR) is 101 cm³/mol. The SMILES string of the molecule is COc1ccc(/C=C(/C#N)C(=O)Nc2ccc(I)cc2)c(OC)c1. The third-order valence-corrected chi connectivity index (χ3v) is 3.93. The van der Waals surface area contributed by atoms with E-state index in [1.165, 1.54) is 13.2 Å². The number of amides is 1. The van der Waals surface area contributed by atoms with Gasteiger partial charge in [0.2, 0.25) is 0 Å². The predicted octanol–water partition coefficient (Wildman–Crippen LogP) is 3.85. The van der Waals surface area contributed by atoms with E-state index < -0.39 is 5.91 Å². The lowest BCUT2D eigenvalue weighted by atomic mass is 10.1. The van der Waals surface area contributed by atoms with Crippen LogP contribution in [-0.4, -0.2) is 20.1 Å². The van der Waals surface area contributed by atoms with Crippen molar-refractivity contribution in [3.63, 3.8) is 0 Å². The van der Waals surface area contributed by atoms with Gasteiger partial charge in [-0.25, -0.2) is 0 Å². The zero-order valence-electron chi connectivity index (χ0n) is 13.2. The quantitative estimate of drug-likeness (QED) is 0.441. The third-order valence-electron chi connectivity index (χ3n) is 3.21. The van der Waals surface area contributed by atoms with Crippen molar-refractivity contribution in [2.24, 2.45) is 0 Å². The van der Waals surface area contributed by atoms with Crippen LogP contribution in [0, 0.1) is 14.9 Å². The maximum absolute atomic E-state index is 12.3. The molecule has 0 atom stereocenters. The average Bonchev–Trinajstić information content (AvgIpc) is 2.61. The summed E-state index contributed by atoms with van der Waals surface area (Å²) in [6.07, 6.45) is 1.49. The van der Waals surface area contributed by atoms with Crippen LogP contribution in [0.1, 0.15) is 5.56 Å². The number of hydrogen-bond acceptors (Lipinski definition) is 4. The molecule has 0 saturated heterocycles. The minimum Gasteiger partial charge on any atom is -0.497 e. The second-order valence-electron chi connectivity index (χ2n) is 4.74. The molecule has 0 aliphatic heterocycles. The Hall–Kier alpha value is -2.53. The third kappa shape index (κ3) is 4.49. The molecule has 1 N–H and O–H groups in total. The Labute approximate surface area is 154 Å². The van der Waals surface area contributed by atoms with Gasteiger partial charge in [0, 0.05) is 20.9 Å². The molecule has 2 aromatic rings. The van der Waals surface area contributed by atoms with E-state index in [1.54, 1.807) is 37.4 Å². The molecule has 5 nitrogen and oxygen atoms in total. The number of ether oxygens (including phenoxy) is 2. The van der Waals surface area contributed by atoms with Crippen molar-refractivity contribution in [3.8, 4) is 17.6 Å². The molecule has 0 saturated carbocycles. The van der Waals surface area contributed by atoms with Crippen molar-refractivity contribution in [1.29, 1.82) is 5.26 Å². The lowest BCUT2D eigenvalue weighted by molar-refractivity contribution is -0.112. The Morgan fingerprint density at radius 1 is 1.17 bits per heavy atom. The van der Waals surface area contributed by atoms with E-state index in [-0.39, 0.29) is 5.57 Å². The van der Waals surface area contributed by atoms with Crippen LogP contribution in [0.5, 0.6) is 11.5 Å². The summed E-state index contributed by atoms with van der Waals surface area (Å²) in [4.78, 5) is 12.3. The van der Waals surface area contributed by atoms with Crippen LogP contribution in [0.3, 0.4) is 0 Å². The van der Waals surface area contributed by atoms with Gasteiger partial charge in [0.1, 0.15) is 23.1 Å². The number of nitriles is 1. The number of rotatable bonds is 5. The maximum atomic E-state index is 12.3. The first kappa shape index (κ1) is 17.8. The van der Waals surface area contributed by atoms with E-state index in [2.05, 4.69) is 27.9 Å². The summed E-state index contributed by atoms with van der Waals surface area (Å²) in [6, 6.07) is 14.4. The van der Waals surface area contributed by atoms with Gasteiger partial charge in [-0.15, -0.1) is 0 Å². The summed E-state index contributed by atoms with van der Waals surface area (Å²) in [5.74, 6) is 0.673. The first-order chi connectivity index (χ1) is 11.6. The fraction of sp³-hybridized carbons (Fsp3) is 0.111. The van der Waals surface area contributed by atoms with Crippen molar-refractivity contribution >= 4 is 40.3 Å². The normalized spacial score (nSPS) is 10.7. The van der Waals surface area contributed by atoms with Crippen molar-refractivity contribution in [2.75, 3.05) is 19.5 Å². The van der Waals surface area contributed by atoms with Gasteiger partial charge in [-0.2, -0.15) is 5.26 Å². The number of methoxy groups -OCH3 is 2. The van der Waals surface area contributed by atoms with Gasteiger partial charge in [0.05, 0.1) is 14.2 Å². The highest BCUT2D eigenvalue weighted by Crippen LogP contribution is 2.26. The van der Waals surface area contributed by atoms with E-state index in [0.717, 1.165) is 3.57 Å². The maximum Gasteiger partial charge on any atom is 0.266 e. The minimum atomic E-state index is -0.475. The van der Waals surface area contributed by atoms with E-state index >= 15 is 0 Å². The van der Waals surface area contributed by atoms with Crippen molar-refractivity contribution in [1.82, 2.24) is 0 Å². The summed E-state index contributed by atoms with van der Waals surface area (Å²) in [5.41, 5.74) is 1.23. The van der Waals surface area contributed by atoms with Gasteiger partial charge >= 0.3 is 0 Å². The van der Waals surface area contributed by atoms with Gasteiger partial charge in [-0.3, -0.25) is 4.79 Å². The fourth-order valence-corrected chi connectivity index (χ4v) is 2.33. The van der Waals surface area contributed by atoms with E-state index in [9.17, 15) is 10.1 Å². The second-order valence-corrected chi connectivity index (χ2v) is 5.98. The van der Waals surface area contributed by atoms with Crippen LogP contribution in [0.4, 0.5) is 5.69 Å². The zero-order chi connectivity index (χ0) is 17.5. The molecule has 0 radical (unpaired) electrons. The number of anilines is 1. The van der Waals surface area contributed by atoms with Crippen LogP contribution in [-0.2, 0) is 4.79 Å². The van der Waals surface area contributed by atoms with Crippen molar-refractivity contribution < 1.29 is 14.3 Å². The Bertz CT molecular complexity index is 808. The molecule has 0 spiro atoms. The molecule has 0 aliphatic rings. The van der Waals surface area contributed by atoms with Crippen LogP contribution < -0.4 is 14.8 Å². The van der Waals surface area contributed by atoms with E-state index in [0.29, 0.717) is 22.7 Å². The average molecular weight is 434 g/mol. The number of carbonyl (C=O) groups is 1. The van der Waals surface area contributed by atoms with Gasteiger partial charge < -0.3 is 14.8 Å². The van der Waals surface area contributed by atoms with Gasteiger partial charge in [-0.05, 0) is 65.1 Å². The lowest BCUT2D eigenvalue weighted by Crippen LogP contribution is -2.13. The van der Waals surface area contributed by atoms with Crippen molar-refractivity contribution in [2.45, 2.75) is 0 Å². The monoisotopic (exact) mass is 434 g/mol. The lowest BCUT2D eigenvalue weighted by Gasteiger charge is -2.08. The Morgan fingerprint density at radius 3 is 2.46 bits per heavy atom. The number of hydrogen-bond donors (Lipinski definition) is 1. The molecule has 0 fully saturated rings. The number of benzene rings is 2. The molecular weight excluding hydrogens is 419 g/mol. The highest BCUT2D eigenvalue weighted by Gasteiger charge is 2.12. The molecular formula is C18H15IN2O3. The van der Waals surface area contributed by atoms with Crippen LogP contribution in [0.2, 0.25) is 0 Å². The molecule has 6 heteroatoms. The Morgan fingerprint density at radius 2 is 1.88 bits per heavy atom. The molecule has 2 aromatic carbocycles. The molecule has 122 valence electrons. The second kappa shape index (κ2) is 8.36. The van der Waals surface area contributed by atoms with Gasteiger partial charge in [0.15, 0.2) is 0 Å². The molecule has 0 aromatic heterocycles. The van der Waals surface area contributed by atoms with E-state index in [1.807, 2.05) is 18.2 Å². The smallest absolute Gasteiger partial charge is 0.266 e. The van der Waals surface area contributed by atoms with Gasteiger partial charge in [-0.1, -0.05) is 0 Å². The first-order valence-electron chi connectivity index (χ1n) is 6.98. The van der Waals surface area contributed by atoms with E-state index in [4.69, 9.17) is 9.47 Å².